The van der Waals surface area contributed by atoms with Gasteiger partial charge in [-0.05, 0) is 0 Å². The third-order valence-electron chi connectivity index (χ3n) is 3.88. The normalized spacial score (nSPS) is 12.0. The summed E-state index contributed by atoms with van der Waals surface area (Å²) in [4.78, 5) is 0. The summed E-state index contributed by atoms with van der Waals surface area (Å²) in [5.41, 5.74) is 0. The van der Waals surface area contributed by atoms with E-state index in [4.69, 9.17) is 0 Å². The molecule has 0 saturated carbocycles. The summed E-state index contributed by atoms with van der Waals surface area (Å²) in [5, 5.41) is 5.99. The Labute approximate surface area is 128 Å². The van der Waals surface area contributed by atoms with Crippen molar-refractivity contribution in [3.8, 4) is 0 Å². The SMILES string of the molecule is c1ccc2c(c1)[se]c1cccc3[se]c4cccc2c4c13. The van der Waals surface area contributed by atoms with Crippen LogP contribution in [-0.2, 0) is 0 Å². The van der Waals surface area contributed by atoms with Crippen LogP contribution in [0.15, 0.2) is 60.7 Å². The zero-order chi connectivity index (χ0) is 13.1. The molecular weight excluding hydrogens is 374 g/mol. The van der Waals surface area contributed by atoms with Crippen molar-refractivity contribution < 1.29 is 0 Å². The molecule has 20 heavy (non-hydrogen) atoms. The van der Waals surface area contributed by atoms with Crippen LogP contribution < -0.4 is 0 Å². The van der Waals surface area contributed by atoms with Crippen molar-refractivity contribution in [1.29, 1.82) is 0 Å². The van der Waals surface area contributed by atoms with E-state index in [1.807, 2.05) is 0 Å². The maximum atomic E-state index is 2.34. The molecule has 0 bridgehead atoms. The molecule has 3 aromatic carbocycles. The van der Waals surface area contributed by atoms with E-state index in [1.54, 1.807) is 18.2 Å². The standard InChI is InChI=1S/C18H10Se2/c1-2-7-13-11(5-1)12-6-3-8-14-17(12)18-15(19-13)9-4-10-16(18)20-14/h1-10H. The molecule has 0 fully saturated rings. The van der Waals surface area contributed by atoms with Crippen molar-refractivity contribution in [2.45, 2.75) is 0 Å². The molecule has 0 N–H and O–H groups in total. The van der Waals surface area contributed by atoms with Crippen molar-refractivity contribution in [1.82, 2.24) is 0 Å². The van der Waals surface area contributed by atoms with E-state index < -0.39 is 0 Å². The zero-order valence-corrected chi connectivity index (χ0v) is 14.0. The monoisotopic (exact) mass is 386 g/mol. The summed E-state index contributed by atoms with van der Waals surface area (Å²) in [6, 6.07) is 22.7. The Bertz CT molecular complexity index is 1100. The van der Waals surface area contributed by atoms with Crippen LogP contribution in [0.4, 0.5) is 0 Å². The van der Waals surface area contributed by atoms with E-state index in [1.165, 1.54) is 20.4 Å². The number of rotatable bonds is 0. The molecule has 2 heteroatoms. The molecule has 0 amide bonds. The Balaban J connectivity index is 2.32. The van der Waals surface area contributed by atoms with Crippen LogP contribution in [0, 0.1) is 0 Å². The Morgan fingerprint density at radius 2 is 1.00 bits per heavy atom. The van der Waals surface area contributed by atoms with Crippen molar-refractivity contribution in [2.24, 2.45) is 0 Å². The minimum atomic E-state index is 0.415. The quantitative estimate of drug-likeness (QED) is 0.347. The first-order chi connectivity index (χ1) is 9.92. The van der Waals surface area contributed by atoms with Gasteiger partial charge >= 0.3 is 128 Å². The molecule has 0 nitrogen and oxygen atoms in total. The van der Waals surface area contributed by atoms with E-state index in [0.29, 0.717) is 29.0 Å². The topological polar surface area (TPSA) is 0 Å². The predicted molar refractivity (Wildman–Crippen MR) is 90.3 cm³/mol. The second-order valence-corrected chi connectivity index (χ2v) is 9.56. The van der Waals surface area contributed by atoms with Crippen LogP contribution >= 0.6 is 0 Å². The van der Waals surface area contributed by atoms with Gasteiger partial charge in [-0.1, -0.05) is 0 Å². The van der Waals surface area contributed by atoms with Crippen LogP contribution in [0.1, 0.15) is 0 Å². The molecule has 2 heterocycles. The fourth-order valence-corrected chi connectivity index (χ4v) is 8.17. The van der Waals surface area contributed by atoms with Crippen LogP contribution in [0.3, 0.4) is 0 Å². The van der Waals surface area contributed by atoms with Gasteiger partial charge < -0.3 is 0 Å². The molecule has 5 rings (SSSR count). The summed E-state index contributed by atoms with van der Waals surface area (Å²) < 4.78 is 6.22. The molecule has 0 unspecified atom stereocenters. The Morgan fingerprint density at radius 1 is 0.450 bits per heavy atom. The van der Waals surface area contributed by atoms with Gasteiger partial charge in [-0.2, -0.15) is 0 Å². The van der Waals surface area contributed by atoms with E-state index in [2.05, 4.69) is 60.7 Å². The fourth-order valence-electron chi connectivity index (χ4n) is 3.04. The summed E-state index contributed by atoms with van der Waals surface area (Å²) >= 11 is 0.900. The molecule has 0 atom stereocenters. The van der Waals surface area contributed by atoms with Gasteiger partial charge in [0, 0.05) is 0 Å². The van der Waals surface area contributed by atoms with E-state index in [9.17, 15) is 0 Å². The summed E-state index contributed by atoms with van der Waals surface area (Å²) in [5.74, 6) is 0. The van der Waals surface area contributed by atoms with Gasteiger partial charge in [0.25, 0.3) is 0 Å². The number of benzene rings is 3. The van der Waals surface area contributed by atoms with Gasteiger partial charge in [-0.3, -0.25) is 0 Å². The average molecular weight is 384 g/mol. The Kier molecular flexibility index (Phi) is 2.33. The average Bonchev–Trinajstić information content (AvgIpc) is 2.79. The first-order valence-corrected chi connectivity index (χ1v) is 10.1. The number of fused-ring (bicyclic) bond motifs is 2. The summed E-state index contributed by atoms with van der Waals surface area (Å²) in [7, 11) is 0. The molecule has 2 aromatic heterocycles. The molecule has 0 saturated heterocycles. The summed E-state index contributed by atoms with van der Waals surface area (Å²) in [6.45, 7) is 0. The Hall–Kier alpha value is -1.30. The van der Waals surface area contributed by atoms with E-state index in [0.717, 1.165) is 0 Å². The fraction of sp³-hybridized carbons (Fsp3) is 0. The molecule has 0 aliphatic heterocycles. The molecule has 94 valence electrons. The van der Waals surface area contributed by atoms with Crippen molar-refractivity contribution in [2.75, 3.05) is 0 Å². The van der Waals surface area contributed by atoms with Gasteiger partial charge in [0.1, 0.15) is 0 Å². The molecule has 0 radical (unpaired) electrons. The third kappa shape index (κ3) is 1.43. The van der Waals surface area contributed by atoms with Crippen molar-refractivity contribution >= 4 is 67.6 Å². The summed E-state index contributed by atoms with van der Waals surface area (Å²) in [6.07, 6.45) is 0. The molecule has 0 spiro atoms. The number of hydrogen-bond donors (Lipinski definition) is 0. The minimum absolute atomic E-state index is 0.415. The van der Waals surface area contributed by atoms with Gasteiger partial charge in [-0.15, -0.1) is 0 Å². The van der Waals surface area contributed by atoms with Crippen LogP contribution in [0.2, 0.25) is 0 Å². The zero-order valence-electron chi connectivity index (χ0n) is 10.6. The number of hydrogen-bond acceptors (Lipinski definition) is 0. The molecule has 5 aromatic rings. The molecular formula is C18H10Se2. The molecule has 0 aliphatic carbocycles. The first kappa shape index (κ1) is 11.4. The van der Waals surface area contributed by atoms with E-state index >= 15 is 0 Å². The maximum absolute atomic E-state index is 2.34. The van der Waals surface area contributed by atoms with Crippen LogP contribution in [0.5, 0.6) is 0 Å². The Morgan fingerprint density at radius 3 is 1.85 bits per heavy atom. The second-order valence-electron chi connectivity index (χ2n) is 5.01. The first-order valence-electron chi connectivity index (χ1n) is 6.63. The van der Waals surface area contributed by atoms with Crippen LogP contribution in [0.25, 0.3) is 38.6 Å². The predicted octanol–water partition coefficient (Wildman–Crippen LogP) is 4.41. The van der Waals surface area contributed by atoms with Gasteiger partial charge in [-0.25, -0.2) is 0 Å². The van der Waals surface area contributed by atoms with E-state index in [-0.39, 0.29) is 0 Å². The van der Waals surface area contributed by atoms with Gasteiger partial charge in [0.2, 0.25) is 0 Å². The third-order valence-corrected chi connectivity index (χ3v) is 8.62. The van der Waals surface area contributed by atoms with Crippen molar-refractivity contribution in [3.63, 3.8) is 0 Å². The van der Waals surface area contributed by atoms with Crippen LogP contribution in [-0.4, -0.2) is 29.0 Å². The van der Waals surface area contributed by atoms with Crippen molar-refractivity contribution in [3.05, 3.63) is 60.7 Å². The molecule has 0 aliphatic rings. The second kappa shape index (κ2) is 4.10. The van der Waals surface area contributed by atoms with Gasteiger partial charge in [0.15, 0.2) is 0 Å². The van der Waals surface area contributed by atoms with Gasteiger partial charge in [0.05, 0.1) is 0 Å².